The van der Waals surface area contributed by atoms with Gasteiger partial charge in [0.15, 0.2) is 0 Å². The summed E-state index contributed by atoms with van der Waals surface area (Å²) < 4.78 is 5.37. The number of anilines is 2. The lowest BCUT2D eigenvalue weighted by Gasteiger charge is -2.33. The molecule has 0 amide bonds. The molecule has 1 aliphatic heterocycles. The number of nitrogen functional groups attached to an aromatic ring is 1. The van der Waals surface area contributed by atoms with Crippen molar-refractivity contribution in [1.82, 2.24) is 4.98 Å². The molecule has 1 aliphatic rings. The van der Waals surface area contributed by atoms with E-state index < -0.39 is 0 Å². The second-order valence-corrected chi connectivity index (χ2v) is 3.60. The fourth-order valence-electron chi connectivity index (χ4n) is 1.68. The average molecular weight is 209 g/mol. The zero-order valence-corrected chi connectivity index (χ0v) is 8.47. The van der Waals surface area contributed by atoms with Crippen molar-refractivity contribution in [3.8, 4) is 0 Å². The fraction of sp³-hybridized carbons (Fsp3) is 0.500. The number of pyridine rings is 1. The van der Waals surface area contributed by atoms with Crippen molar-refractivity contribution in [1.29, 1.82) is 0 Å². The van der Waals surface area contributed by atoms with Gasteiger partial charge in [-0.3, -0.25) is 4.98 Å². The predicted molar refractivity (Wildman–Crippen MR) is 57.7 cm³/mol. The molecular weight excluding hydrogens is 194 g/mol. The average Bonchev–Trinajstić information content (AvgIpc) is 2.29. The zero-order valence-electron chi connectivity index (χ0n) is 8.47. The summed E-state index contributed by atoms with van der Waals surface area (Å²) in [7, 11) is 0. The summed E-state index contributed by atoms with van der Waals surface area (Å²) in [5.41, 5.74) is 7.30. The van der Waals surface area contributed by atoms with Crippen LogP contribution in [0.4, 0.5) is 11.4 Å². The zero-order chi connectivity index (χ0) is 10.7. The lowest BCUT2D eigenvalue weighted by Crippen LogP contribution is -2.44. The monoisotopic (exact) mass is 209 g/mol. The first-order chi connectivity index (χ1) is 7.29. The maximum atomic E-state index is 9.02. The molecular formula is C10H15N3O2. The van der Waals surface area contributed by atoms with Crippen LogP contribution in [0.25, 0.3) is 0 Å². The molecule has 2 rings (SSSR count). The summed E-state index contributed by atoms with van der Waals surface area (Å²) in [5.74, 6) is 0. The van der Waals surface area contributed by atoms with Gasteiger partial charge in [-0.05, 0) is 6.07 Å². The Morgan fingerprint density at radius 2 is 2.47 bits per heavy atom. The van der Waals surface area contributed by atoms with Gasteiger partial charge in [-0.2, -0.15) is 0 Å². The quantitative estimate of drug-likeness (QED) is 0.709. The third-order valence-electron chi connectivity index (χ3n) is 2.45. The van der Waals surface area contributed by atoms with Crippen molar-refractivity contribution >= 4 is 11.4 Å². The van der Waals surface area contributed by atoms with Crippen molar-refractivity contribution in [2.45, 2.75) is 6.10 Å². The van der Waals surface area contributed by atoms with E-state index in [0.29, 0.717) is 18.8 Å². The number of nitrogens with two attached hydrogens (primary N) is 1. The third-order valence-corrected chi connectivity index (χ3v) is 2.45. The van der Waals surface area contributed by atoms with Crippen LogP contribution in [-0.2, 0) is 4.74 Å². The highest BCUT2D eigenvalue weighted by Crippen LogP contribution is 2.18. The number of hydrogen-bond acceptors (Lipinski definition) is 5. The van der Waals surface area contributed by atoms with Crippen LogP contribution in [0.15, 0.2) is 18.5 Å². The summed E-state index contributed by atoms with van der Waals surface area (Å²) in [4.78, 5) is 6.16. The van der Waals surface area contributed by atoms with E-state index in [2.05, 4.69) is 9.88 Å². The topological polar surface area (TPSA) is 71.6 Å². The summed E-state index contributed by atoms with van der Waals surface area (Å²) in [6.07, 6.45) is 3.28. The summed E-state index contributed by atoms with van der Waals surface area (Å²) in [6, 6.07) is 1.88. The SMILES string of the molecule is Nc1cncc(N2CCOC(CO)C2)c1. The molecule has 15 heavy (non-hydrogen) atoms. The second kappa shape index (κ2) is 4.46. The Bertz CT molecular complexity index is 332. The number of aromatic nitrogens is 1. The third kappa shape index (κ3) is 2.37. The van der Waals surface area contributed by atoms with Crippen molar-refractivity contribution in [3.05, 3.63) is 18.5 Å². The van der Waals surface area contributed by atoms with Gasteiger partial charge in [-0.1, -0.05) is 0 Å². The van der Waals surface area contributed by atoms with Crippen LogP contribution in [0.5, 0.6) is 0 Å². The summed E-state index contributed by atoms with van der Waals surface area (Å²) >= 11 is 0. The van der Waals surface area contributed by atoms with Crippen molar-refractivity contribution in [2.24, 2.45) is 0 Å². The Hall–Kier alpha value is -1.33. The van der Waals surface area contributed by atoms with Gasteiger partial charge in [-0.15, -0.1) is 0 Å². The van der Waals surface area contributed by atoms with E-state index in [9.17, 15) is 0 Å². The molecule has 1 aromatic rings. The number of aliphatic hydroxyl groups excluding tert-OH is 1. The van der Waals surface area contributed by atoms with E-state index in [-0.39, 0.29) is 12.7 Å². The highest BCUT2D eigenvalue weighted by Gasteiger charge is 2.19. The molecule has 1 fully saturated rings. The number of ether oxygens (including phenoxy) is 1. The predicted octanol–water partition coefficient (Wildman–Crippen LogP) is -0.139. The minimum atomic E-state index is -0.111. The number of morpholine rings is 1. The first-order valence-electron chi connectivity index (χ1n) is 4.97. The smallest absolute Gasteiger partial charge is 0.0980 e. The van der Waals surface area contributed by atoms with Gasteiger partial charge >= 0.3 is 0 Å². The normalized spacial score (nSPS) is 21.7. The van der Waals surface area contributed by atoms with E-state index in [0.717, 1.165) is 12.2 Å². The maximum absolute atomic E-state index is 9.02. The minimum Gasteiger partial charge on any atom is -0.397 e. The number of nitrogens with zero attached hydrogens (tertiary/aromatic N) is 2. The van der Waals surface area contributed by atoms with Crippen LogP contribution in [0.1, 0.15) is 0 Å². The molecule has 0 bridgehead atoms. The Morgan fingerprint density at radius 3 is 3.20 bits per heavy atom. The number of aliphatic hydroxyl groups is 1. The van der Waals surface area contributed by atoms with Gasteiger partial charge in [0.05, 0.1) is 36.9 Å². The molecule has 0 aliphatic carbocycles. The standard InChI is InChI=1S/C10H15N3O2/c11-8-3-9(5-12-4-8)13-1-2-15-10(6-13)7-14/h3-5,10,14H,1-2,6-7,11H2. The van der Waals surface area contributed by atoms with E-state index >= 15 is 0 Å². The number of hydrogen-bond donors (Lipinski definition) is 2. The first-order valence-corrected chi connectivity index (χ1v) is 4.97. The van der Waals surface area contributed by atoms with Crippen molar-refractivity contribution in [3.63, 3.8) is 0 Å². The molecule has 0 spiro atoms. The molecule has 5 heteroatoms. The first kappa shape index (κ1) is 10.2. The summed E-state index contributed by atoms with van der Waals surface area (Å²) in [6.45, 7) is 2.16. The molecule has 1 atom stereocenters. The van der Waals surface area contributed by atoms with E-state index in [1.54, 1.807) is 12.4 Å². The van der Waals surface area contributed by atoms with Crippen LogP contribution in [0.3, 0.4) is 0 Å². The Balaban J connectivity index is 2.09. The van der Waals surface area contributed by atoms with E-state index in [1.807, 2.05) is 6.07 Å². The van der Waals surface area contributed by atoms with Crippen LogP contribution >= 0.6 is 0 Å². The second-order valence-electron chi connectivity index (χ2n) is 3.60. The van der Waals surface area contributed by atoms with Crippen LogP contribution in [0, 0.1) is 0 Å². The highest BCUT2D eigenvalue weighted by molar-refractivity contribution is 5.53. The molecule has 0 aromatic carbocycles. The lowest BCUT2D eigenvalue weighted by atomic mass is 10.2. The Kier molecular flexibility index (Phi) is 3.03. The van der Waals surface area contributed by atoms with Crippen molar-refractivity contribution < 1.29 is 9.84 Å². The molecule has 0 saturated carbocycles. The van der Waals surface area contributed by atoms with Gasteiger partial charge in [0, 0.05) is 19.3 Å². The lowest BCUT2D eigenvalue weighted by molar-refractivity contribution is 0.00355. The Morgan fingerprint density at radius 1 is 1.60 bits per heavy atom. The highest BCUT2D eigenvalue weighted by atomic mass is 16.5. The van der Waals surface area contributed by atoms with Crippen molar-refractivity contribution in [2.75, 3.05) is 36.9 Å². The van der Waals surface area contributed by atoms with Gasteiger partial charge in [0.1, 0.15) is 0 Å². The molecule has 0 radical (unpaired) electrons. The summed E-state index contributed by atoms with van der Waals surface area (Å²) in [5, 5.41) is 9.02. The molecule has 3 N–H and O–H groups in total. The minimum absolute atomic E-state index is 0.0479. The van der Waals surface area contributed by atoms with Crippen LogP contribution in [0.2, 0.25) is 0 Å². The van der Waals surface area contributed by atoms with Gasteiger partial charge in [0.25, 0.3) is 0 Å². The molecule has 1 saturated heterocycles. The van der Waals surface area contributed by atoms with Crippen LogP contribution < -0.4 is 10.6 Å². The van der Waals surface area contributed by atoms with E-state index in [4.69, 9.17) is 15.6 Å². The Labute approximate surface area is 88.5 Å². The molecule has 1 aromatic heterocycles. The van der Waals surface area contributed by atoms with Crippen LogP contribution in [-0.4, -0.2) is 42.5 Å². The fourth-order valence-corrected chi connectivity index (χ4v) is 1.68. The van der Waals surface area contributed by atoms with Gasteiger partial charge in [0.2, 0.25) is 0 Å². The number of rotatable bonds is 2. The molecule has 5 nitrogen and oxygen atoms in total. The van der Waals surface area contributed by atoms with Gasteiger partial charge < -0.3 is 20.5 Å². The maximum Gasteiger partial charge on any atom is 0.0980 e. The molecule has 1 unspecified atom stereocenters. The van der Waals surface area contributed by atoms with Gasteiger partial charge in [-0.25, -0.2) is 0 Å². The largest absolute Gasteiger partial charge is 0.397 e. The molecule has 2 heterocycles. The molecule has 82 valence electrons. The van der Waals surface area contributed by atoms with E-state index in [1.165, 1.54) is 0 Å².